The van der Waals surface area contributed by atoms with Gasteiger partial charge in [0.05, 0.1) is 34.4 Å². The number of ether oxygens (including phenoxy) is 2. The van der Waals surface area contributed by atoms with Crippen LogP contribution in [0.25, 0.3) is 0 Å². The Morgan fingerprint density at radius 1 is 0.574 bits per heavy atom. The van der Waals surface area contributed by atoms with E-state index in [0.717, 1.165) is 38.5 Å². The monoisotopic (exact) mass is 782 g/mol. The maximum Gasteiger partial charge on any atom is 0.306 e. The summed E-state index contributed by atoms with van der Waals surface area (Å²) in [6.45, 7) is 5.32. The van der Waals surface area contributed by atoms with E-state index >= 15 is 0 Å². The second-order valence-electron chi connectivity index (χ2n) is 15.7. The molecule has 54 heavy (non-hydrogen) atoms. The van der Waals surface area contributed by atoms with E-state index in [1.807, 2.05) is 21.1 Å². The van der Waals surface area contributed by atoms with E-state index in [-0.39, 0.29) is 32.2 Å². The number of hydrogen-bond acceptors (Lipinski definition) is 7. The highest BCUT2D eigenvalue weighted by Crippen LogP contribution is 2.38. The highest BCUT2D eigenvalue weighted by atomic mass is 31.2. The third-order valence-electron chi connectivity index (χ3n) is 9.13. The van der Waals surface area contributed by atoms with Gasteiger partial charge in [0.15, 0.2) is 0 Å². The van der Waals surface area contributed by atoms with Gasteiger partial charge in [-0.05, 0) is 51.4 Å². The number of likely N-dealkylation sites (N-methyl/N-ethyl adjacent to an activating group) is 1. The van der Waals surface area contributed by atoms with E-state index in [2.05, 4.69) is 62.5 Å². The van der Waals surface area contributed by atoms with Gasteiger partial charge < -0.3 is 27.9 Å². The minimum atomic E-state index is -4.54. The molecule has 0 aliphatic rings. The molecular weight excluding hydrogens is 697 g/mol. The second kappa shape index (κ2) is 38.3. The molecule has 0 spiro atoms. The maximum atomic E-state index is 12.6. The molecule has 9 heteroatoms. The summed E-state index contributed by atoms with van der Waals surface area (Å²) in [6.07, 6.45) is 45.5. The van der Waals surface area contributed by atoms with Crippen molar-refractivity contribution in [3.05, 3.63) is 48.6 Å². The number of carbonyl (C=O) groups excluding carboxylic acids is 1. The lowest BCUT2D eigenvalue weighted by molar-refractivity contribution is -0.870. The lowest BCUT2D eigenvalue weighted by atomic mass is 10.0. The first-order chi connectivity index (χ1) is 26.1. The molecule has 0 heterocycles. The Hall–Kier alpha value is -1.54. The lowest BCUT2D eigenvalue weighted by Crippen LogP contribution is -2.37. The van der Waals surface area contributed by atoms with Crippen molar-refractivity contribution < 1.29 is 37.3 Å². The Bertz CT molecular complexity index is 1000. The number of quaternary nitrogens is 1. The fourth-order valence-electron chi connectivity index (χ4n) is 5.71. The molecule has 8 nitrogen and oxygen atoms in total. The van der Waals surface area contributed by atoms with Crippen LogP contribution in [0.15, 0.2) is 48.6 Å². The first-order valence-electron chi connectivity index (χ1n) is 21.9. The largest absolute Gasteiger partial charge is 0.756 e. The Morgan fingerprint density at radius 2 is 1.02 bits per heavy atom. The molecule has 0 saturated heterocycles. The van der Waals surface area contributed by atoms with Crippen LogP contribution in [0, 0.1) is 0 Å². The molecule has 0 fully saturated rings. The first kappa shape index (κ1) is 52.5. The average Bonchev–Trinajstić information content (AvgIpc) is 3.12. The Balaban J connectivity index is 4.34. The van der Waals surface area contributed by atoms with Gasteiger partial charge in [0.1, 0.15) is 19.3 Å². The standard InChI is InChI=1S/C45H84NO7P/c1-6-8-10-12-14-16-18-20-22-23-24-26-28-30-32-34-36-38-45(47)53-44(43-52-54(48,49)51-41-39-46(3,4)5)42-50-40-37-35-33-31-29-27-25-21-19-17-15-13-11-9-7-2/h14,16,20,22,24,26,30,32,44H,6-13,15,17-19,21,23,25,27-29,31,33-43H2,1-5H3/b16-14-,22-20-,26-24-,32-30-. The van der Waals surface area contributed by atoms with Crippen molar-refractivity contribution in [2.45, 2.75) is 180 Å². The Morgan fingerprint density at radius 3 is 1.52 bits per heavy atom. The summed E-state index contributed by atoms with van der Waals surface area (Å²) in [5.74, 6) is -0.387. The molecule has 0 aliphatic carbocycles. The third-order valence-corrected chi connectivity index (χ3v) is 10.1. The molecular formula is C45H84NO7P. The molecule has 0 amide bonds. The van der Waals surface area contributed by atoms with Gasteiger partial charge in [-0.15, -0.1) is 0 Å². The van der Waals surface area contributed by atoms with Crippen molar-refractivity contribution in [3.63, 3.8) is 0 Å². The number of carbonyl (C=O) groups is 1. The molecule has 0 rings (SSSR count). The van der Waals surface area contributed by atoms with E-state index in [0.29, 0.717) is 24.1 Å². The summed E-state index contributed by atoms with van der Waals surface area (Å²) in [6, 6.07) is 0. The van der Waals surface area contributed by atoms with E-state index in [9.17, 15) is 14.3 Å². The molecule has 2 unspecified atom stereocenters. The number of phosphoric acid groups is 1. The Kier molecular flexibility index (Phi) is 37.2. The van der Waals surface area contributed by atoms with Crippen molar-refractivity contribution in [2.24, 2.45) is 0 Å². The summed E-state index contributed by atoms with van der Waals surface area (Å²) in [5.41, 5.74) is 0. The zero-order valence-corrected chi connectivity index (χ0v) is 36.6. The summed E-state index contributed by atoms with van der Waals surface area (Å²) in [4.78, 5) is 25.0. The van der Waals surface area contributed by atoms with E-state index < -0.39 is 13.9 Å². The number of allylic oxidation sites excluding steroid dienone is 8. The van der Waals surface area contributed by atoms with Crippen molar-refractivity contribution in [1.29, 1.82) is 0 Å². The molecule has 2 atom stereocenters. The number of phosphoric ester groups is 1. The van der Waals surface area contributed by atoms with Crippen molar-refractivity contribution >= 4 is 13.8 Å². The highest BCUT2D eigenvalue weighted by molar-refractivity contribution is 7.45. The molecule has 0 aliphatic heterocycles. The van der Waals surface area contributed by atoms with Crippen molar-refractivity contribution in [2.75, 3.05) is 54.1 Å². The minimum absolute atomic E-state index is 0.0158. The van der Waals surface area contributed by atoms with Crippen LogP contribution in [0.3, 0.4) is 0 Å². The quantitative estimate of drug-likeness (QED) is 0.0201. The normalized spacial score (nSPS) is 14.3. The fourth-order valence-corrected chi connectivity index (χ4v) is 6.44. The maximum absolute atomic E-state index is 12.6. The number of unbranched alkanes of at least 4 members (excludes halogenated alkanes) is 18. The topological polar surface area (TPSA) is 94.1 Å². The van der Waals surface area contributed by atoms with Crippen LogP contribution in [0.5, 0.6) is 0 Å². The van der Waals surface area contributed by atoms with Gasteiger partial charge in [0.25, 0.3) is 7.82 Å². The van der Waals surface area contributed by atoms with Crippen molar-refractivity contribution in [1.82, 2.24) is 0 Å². The molecule has 0 aromatic carbocycles. The first-order valence-corrected chi connectivity index (χ1v) is 23.3. The predicted molar refractivity (Wildman–Crippen MR) is 226 cm³/mol. The summed E-state index contributed by atoms with van der Waals surface area (Å²) >= 11 is 0. The van der Waals surface area contributed by atoms with Crippen LogP contribution in [-0.2, 0) is 27.9 Å². The minimum Gasteiger partial charge on any atom is -0.756 e. The zero-order valence-electron chi connectivity index (χ0n) is 35.7. The average molecular weight is 782 g/mol. The van der Waals surface area contributed by atoms with Crippen LogP contribution >= 0.6 is 7.82 Å². The highest BCUT2D eigenvalue weighted by Gasteiger charge is 2.20. The number of nitrogens with zero attached hydrogens (tertiary/aromatic N) is 1. The Labute approximate surface area is 333 Å². The molecule has 0 bridgehead atoms. The zero-order chi connectivity index (χ0) is 39.9. The molecule has 0 radical (unpaired) electrons. The van der Waals surface area contributed by atoms with Crippen LogP contribution < -0.4 is 4.89 Å². The van der Waals surface area contributed by atoms with Crippen LogP contribution in [0.4, 0.5) is 0 Å². The number of esters is 1. The fraction of sp³-hybridized carbons (Fsp3) is 0.800. The van der Waals surface area contributed by atoms with Crippen molar-refractivity contribution in [3.8, 4) is 0 Å². The summed E-state index contributed by atoms with van der Waals surface area (Å²) in [7, 11) is 1.32. The molecule has 0 aromatic rings. The van der Waals surface area contributed by atoms with Gasteiger partial charge in [0, 0.05) is 13.0 Å². The van der Waals surface area contributed by atoms with Crippen LogP contribution in [0.2, 0.25) is 0 Å². The van der Waals surface area contributed by atoms with Gasteiger partial charge in [0.2, 0.25) is 0 Å². The predicted octanol–water partition coefficient (Wildman–Crippen LogP) is 12.1. The molecule has 0 aromatic heterocycles. The van der Waals surface area contributed by atoms with Gasteiger partial charge in [-0.25, -0.2) is 0 Å². The SMILES string of the molecule is CCCCC/C=C\C/C=C\C/C=C\C/C=C\CCCC(=O)OC(COCCCCCCCCCCCCCCCCC)COP(=O)([O-])OCC[N+](C)(C)C. The molecule has 0 saturated carbocycles. The van der Waals surface area contributed by atoms with Gasteiger partial charge in [-0.2, -0.15) is 0 Å². The molecule has 316 valence electrons. The summed E-state index contributed by atoms with van der Waals surface area (Å²) in [5, 5.41) is 0. The second-order valence-corrected chi connectivity index (χ2v) is 17.1. The van der Waals surface area contributed by atoms with E-state index in [4.69, 9.17) is 18.5 Å². The van der Waals surface area contributed by atoms with E-state index in [1.165, 1.54) is 109 Å². The van der Waals surface area contributed by atoms with Gasteiger partial charge in [-0.1, -0.05) is 165 Å². The summed E-state index contributed by atoms with van der Waals surface area (Å²) < 4.78 is 34.5. The lowest BCUT2D eigenvalue weighted by Gasteiger charge is -2.28. The third kappa shape index (κ3) is 41.6. The van der Waals surface area contributed by atoms with Gasteiger partial charge in [-0.3, -0.25) is 9.36 Å². The van der Waals surface area contributed by atoms with Gasteiger partial charge >= 0.3 is 5.97 Å². The smallest absolute Gasteiger partial charge is 0.306 e. The molecule has 0 N–H and O–H groups in total. The van der Waals surface area contributed by atoms with E-state index in [1.54, 1.807) is 0 Å². The number of hydrogen-bond donors (Lipinski definition) is 0. The van der Waals surface area contributed by atoms with Crippen LogP contribution in [0.1, 0.15) is 174 Å². The number of rotatable bonds is 40. The van der Waals surface area contributed by atoms with Crippen LogP contribution in [-0.4, -0.2) is 70.7 Å².